The van der Waals surface area contributed by atoms with Crippen LogP contribution >= 0.6 is 15.9 Å². The van der Waals surface area contributed by atoms with Gasteiger partial charge in [-0.1, -0.05) is 12.1 Å². The SMILES string of the molecule is CCOCCc1cc(N)ccc1S(=O)(=O)Nc1ccc2c(c1)B(O)OC2.Nc1ccc(S(=O)(=O)Nc2ccc3c(c2)B(O)OC3)c(Br)c1. The molecule has 18 heteroatoms. The summed E-state index contributed by atoms with van der Waals surface area (Å²) in [5, 5.41) is 19.5. The van der Waals surface area contributed by atoms with Crippen molar-refractivity contribution in [2.45, 2.75) is 36.3 Å². The van der Waals surface area contributed by atoms with Crippen molar-refractivity contribution in [3.8, 4) is 0 Å². The summed E-state index contributed by atoms with van der Waals surface area (Å²) in [5.41, 5.74) is 16.5. The number of hydrogen-bond acceptors (Lipinski definition) is 11. The zero-order valence-corrected chi connectivity index (χ0v) is 28.9. The highest BCUT2D eigenvalue weighted by Crippen LogP contribution is 2.27. The molecule has 8 N–H and O–H groups in total. The van der Waals surface area contributed by atoms with Crippen LogP contribution in [0.2, 0.25) is 0 Å². The summed E-state index contributed by atoms with van der Waals surface area (Å²) < 4.78 is 71.6. The van der Waals surface area contributed by atoms with E-state index in [9.17, 15) is 26.9 Å². The maximum atomic E-state index is 12.9. The molecule has 2 aliphatic heterocycles. The second-order valence-corrected chi connectivity index (χ2v) is 15.0. The Kier molecular flexibility index (Phi) is 11.1. The molecule has 0 saturated carbocycles. The molecule has 6 rings (SSSR count). The van der Waals surface area contributed by atoms with Gasteiger partial charge in [0, 0.05) is 33.8 Å². The lowest BCUT2D eigenvalue weighted by Crippen LogP contribution is -2.28. The number of sulfonamides is 2. The van der Waals surface area contributed by atoms with E-state index in [1.807, 2.05) is 6.92 Å². The van der Waals surface area contributed by atoms with Crippen LogP contribution in [0.1, 0.15) is 23.6 Å². The van der Waals surface area contributed by atoms with E-state index in [0.717, 1.165) is 11.1 Å². The first-order chi connectivity index (χ1) is 22.8. The Morgan fingerprint density at radius 1 is 0.771 bits per heavy atom. The van der Waals surface area contributed by atoms with Crippen molar-refractivity contribution in [1.82, 2.24) is 0 Å². The number of hydrogen-bond donors (Lipinski definition) is 6. The summed E-state index contributed by atoms with van der Waals surface area (Å²) in [6, 6.07) is 19.0. The average Bonchev–Trinajstić information content (AvgIpc) is 3.58. The molecule has 0 radical (unpaired) electrons. The minimum atomic E-state index is -3.82. The smallest absolute Gasteiger partial charge is 0.423 e. The molecule has 48 heavy (non-hydrogen) atoms. The lowest BCUT2D eigenvalue weighted by atomic mass is 9.79. The van der Waals surface area contributed by atoms with Crippen molar-refractivity contribution >= 4 is 83.9 Å². The quantitative estimate of drug-likeness (QED) is 0.0781. The molecule has 2 heterocycles. The summed E-state index contributed by atoms with van der Waals surface area (Å²) in [4.78, 5) is 0.239. The van der Waals surface area contributed by atoms with Crippen LogP contribution in [0.25, 0.3) is 0 Å². The highest BCUT2D eigenvalue weighted by Gasteiger charge is 2.29. The zero-order chi connectivity index (χ0) is 34.6. The van der Waals surface area contributed by atoms with E-state index in [0.29, 0.717) is 76.6 Å². The van der Waals surface area contributed by atoms with Crippen LogP contribution in [0.4, 0.5) is 22.7 Å². The topological polar surface area (TPSA) is 213 Å². The third kappa shape index (κ3) is 8.33. The van der Waals surface area contributed by atoms with Gasteiger partial charge >= 0.3 is 14.2 Å². The van der Waals surface area contributed by atoms with Crippen LogP contribution in [0, 0.1) is 0 Å². The van der Waals surface area contributed by atoms with Gasteiger partial charge in [0.1, 0.15) is 4.90 Å². The Labute approximate surface area is 288 Å². The van der Waals surface area contributed by atoms with Crippen molar-refractivity contribution < 1.29 is 40.9 Å². The standard InChI is InChI=1S/C17H21BN2O5S.C13H12BBrN2O4S/c1-2-24-8-7-12-9-14(19)4-6-17(12)26(22,23)20-15-5-3-13-11-25-18(21)16(13)10-15;15-12-5-9(16)2-4-13(12)22(19,20)17-10-3-1-8-7-21-14(18)11(8)6-10/h3-6,9-10,20-21H,2,7-8,11,19H2,1H3;1-6,17-18H,7,16H2. The molecule has 0 aromatic heterocycles. The lowest BCUT2D eigenvalue weighted by Gasteiger charge is -2.14. The fraction of sp³-hybridized carbons (Fsp3) is 0.200. The first-order valence-corrected chi connectivity index (χ1v) is 18.4. The van der Waals surface area contributed by atoms with E-state index < -0.39 is 34.3 Å². The molecule has 0 aliphatic carbocycles. The molecule has 0 spiro atoms. The number of anilines is 4. The van der Waals surface area contributed by atoms with Crippen LogP contribution in [0.3, 0.4) is 0 Å². The fourth-order valence-corrected chi connectivity index (χ4v) is 8.54. The van der Waals surface area contributed by atoms with E-state index in [4.69, 9.17) is 25.5 Å². The molecule has 0 fully saturated rings. The summed E-state index contributed by atoms with van der Waals surface area (Å²) in [5.74, 6) is 0. The Morgan fingerprint density at radius 3 is 1.79 bits per heavy atom. The molecule has 0 atom stereocenters. The molecular weight excluding hydrogens is 726 g/mol. The number of nitrogens with one attached hydrogen (secondary N) is 2. The number of nitrogens with two attached hydrogens (primary N) is 2. The monoisotopic (exact) mass is 758 g/mol. The molecule has 0 bridgehead atoms. The van der Waals surface area contributed by atoms with Crippen molar-refractivity contribution in [2.24, 2.45) is 0 Å². The summed E-state index contributed by atoms with van der Waals surface area (Å²) in [6.45, 7) is 3.47. The molecule has 4 aromatic carbocycles. The Morgan fingerprint density at radius 2 is 1.27 bits per heavy atom. The minimum Gasteiger partial charge on any atom is -0.423 e. The fourth-order valence-electron chi connectivity index (χ4n) is 5.10. The van der Waals surface area contributed by atoms with Gasteiger partial charge < -0.3 is 35.6 Å². The van der Waals surface area contributed by atoms with E-state index in [1.165, 1.54) is 24.3 Å². The molecule has 252 valence electrons. The average molecular weight is 759 g/mol. The van der Waals surface area contributed by atoms with Crippen LogP contribution in [-0.4, -0.2) is 54.3 Å². The Hall–Kier alpha value is -3.61. The van der Waals surface area contributed by atoms with Crippen molar-refractivity contribution in [2.75, 3.05) is 34.1 Å². The predicted octanol–water partition coefficient (Wildman–Crippen LogP) is 1.92. The molecule has 2 aliphatic rings. The van der Waals surface area contributed by atoms with Crippen LogP contribution in [0.5, 0.6) is 0 Å². The van der Waals surface area contributed by atoms with E-state index in [2.05, 4.69) is 25.4 Å². The molecule has 4 aromatic rings. The number of benzene rings is 4. The van der Waals surface area contributed by atoms with Gasteiger partial charge in [-0.3, -0.25) is 9.44 Å². The normalized spacial score (nSPS) is 13.8. The van der Waals surface area contributed by atoms with Crippen LogP contribution in [-0.2, 0) is 53.7 Å². The number of nitrogen functional groups attached to an aromatic ring is 2. The number of rotatable bonds is 10. The second kappa shape index (κ2) is 14.9. The van der Waals surface area contributed by atoms with E-state index in [1.54, 1.807) is 48.5 Å². The first kappa shape index (κ1) is 35.7. The molecule has 13 nitrogen and oxygen atoms in total. The van der Waals surface area contributed by atoms with Crippen molar-refractivity contribution in [1.29, 1.82) is 0 Å². The molecule has 0 unspecified atom stereocenters. The van der Waals surface area contributed by atoms with Gasteiger partial charge in [0.2, 0.25) is 0 Å². The minimum absolute atomic E-state index is 0.0824. The van der Waals surface area contributed by atoms with Crippen molar-refractivity contribution in [3.63, 3.8) is 0 Å². The van der Waals surface area contributed by atoms with Crippen molar-refractivity contribution in [3.05, 3.63) is 94.0 Å². The van der Waals surface area contributed by atoms with E-state index >= 15 is 0 Å². The largest absolute Gasteiger partial charge is 0.491 e. The maximum Gasteiger partial charge on any atom is 0.491 e. The van der Waals surface area contributed by atoms with Crippen LogP contribution in [0.15, 0.2) is 87.1 Å². The summed E-state index contributed by atoms with van der Waals surface area (Å²) in [6.07, 6.45) is 0.436. The molecule has 0 amide bonds. The van der Waals surface area contributed by atoms with Gasteiger partial charge in [0.25, 0.3) is 20.0 Å². The lowest BCUT2D eigenvalue weighted by molar-refractivity contribution is 0.150. The number of fused-ring (bicyclic) bond motifs is 2. The zero-order valence-electron chi connectivity index (χ0n) is 25.7. The first-order valence-electron chi connectivity index (χ1n) is 14.7. The second-order valence-electron chi connectivity index (χ2n) is 10.9. The van der Waals surface area contributed by atoms with Gasteiger partial charge in [0.05, 0.1) is 24.7 Å². The van der Waals surface area contributed by atoms with Gasteiger partial charge in [0.15, 0.2) is 0 Å². The summed E-state index contributed by atoms with van der Waals surface area (Å²) in [7, 11) is -9.65. The Bertz CT molecular complexity index is 2040. The number of halogens is 1. The van der Waals surface area contributed by atoms with Gasteiger partial charge in [-0.2, -0.15) is 0 Å². The Balaban J connectivity index is 0.000000190. The third-order valence-corrected chi connectivity index (χ3v) is 11.3. The maximum absolute atomic E-state index is 12.9. The third-order valence-electron chi connectivity index (χ3n) is 7.46. The van der Waals surface area contributed by atoms with Gasteiger partial charge in [-0.15, -0.1) is 0 Å². The highest BCUT2D eigenvalue weighted by molar-refractivity contribution is 9.10. The number of ether oxygens (including phenoxy) is 1. The molecule has 0 saturated heterocycles. The summed E-state index contributed by atoms with van der Waals surface area (Å²) >= 11 is 3.20. The molecular formula is C30H33B2BrN4O9S2. The van der Waals surface area contributed by atoms with E-state index in [-0.39, 0.29) is 9.79 Å². The highest BCUT2D eigenvalue weighted by atomic mass is 79.9. The van der Waals surface area contributed by atoms with Gasteiger partial charge in [-0.05, 0) is 118 Å². The van der Waals surface area contributed by atoms with Gasteiger partial charge in [-0.25, -0.2) is 16.8 Å². The van der Waals surface area contributed by atoms with Crippen LogP contribution < -0.4 is 31.8 Å². The predicted molar refractivity (Wildman–Crippen MR) is 189 cm³/mol.